The fraction of sp³-hybridized carbons (Fsp3) is 0.857. The summed E-state index contributed by atoms with van der Waals surface area (Å²) < 4.78 is 0. The van der Waals surface area contributed by atoms with Crippen molar-refractivity contribution < 1.29 is 9.59 Å². The molecule has 0 aromatic carbocycles. The molecule has 1 rings (SSSR count). The van der Waals surface area contributed by atoms with Crippen LogP contribution in [0.5, 0.6) is 0 Å². The highest BCUT2D eigenvalue weighted by Crippen LogP contribution is 2.37. The summed E-state index contributed by atoms with van der Waals surface area (Å²) >= 11 is 0. The highest BCUT2D eigenvalue weighted by molar-refractivity contribution is 5.87. The first kappa shape index (κ1) is 16.0. The van der Waals surface area contributed by atoms with E-state index >= 15 is 0 Å². The number of primary amides is 1. The third kappa shape index (κ3) is 4.20. The molecule has 5 nitrogen and oxygen atoms in total. The van der Waals surface area contributed by atoms with Crippen LogP contribution in [-0.2, 0) is 9.59 Å². The van der Waals surface area contributed by atoms with E-state index in [4.69, 9.17) is 11.5 Å². The van der Waals surface area contributed by atoms with Gasteiger partial charge in [-0.2, -0.15) is 0 Å². The Morgan fingerprint density at radius 2 is 1.79 bits per heavy atom. The average molecular weight is 269 g/mol. The van der Waals surface area contributed by atoms with Crippen LogP contribution in [0.2, 0.25) is 0 Å². The Bertz CT molecular complexity index is 323. The van der Waals surface area contributed by atoms with Crippen molar-refractivity contribution in [3.63, 3.8) is 0 Å². The lowest BCUT2D eigenvalue weighted by molar-refractivity contribution is -0.146. The van der Waals surface area contributed by atoms with Gasteiger partial charge in [0, 0.05) is 13.1 Å². The zero-order chi connectivity index (χ0) is 14.5. The van der Waals surface area contributed by atoms with Gasteiger partial charge in [-0.25, -0.2) is 0 Å². The molecule has 0 spiro atoms. The molecule has 110 valence electrons. The molecule has 0 bridgehead atoms. The topological polar surface area (TPSA) is 89.4 Å². The molecule has 1 aliphatic rings. The summed E-state index contributed by atoms with van der Waals surface area (Å²) in [4.78, 5) is 25.5. The first-order valence-electron chi connectivity index (χ1n) is 7.19. The molecule has 5 heteroatoms. The standard InChI is InChI=1S/C14H27N3O2/c1-11(2)8-17(9-12(16)18)13(19)14(10-15)6-4-3-5-7-14/h11H,3-10,15H2,1-2H3,(H2,16,18). The minimum Gasteiger partial charge on any atom is -0.368 e. The monoisotopic (exact) mass is 269 g/mol. The van der Waals surface area contributed by atoms with Crippen LogP contribution >= 0.6 is 0 Å². The van der Waals surface area contributed by atoms with Crippen LogP contribution in [-0.4, -0.2) is 36.3 Å². The number of hydrogen-bond donors (Lipinski definition) is 2. The van der Waals surface area contributed by atoms with Crippen molar-refractivity contribution in [2.45, 2.75) is 46.0 Å². The summed E-state index contributed by atoms with van der Waals surface area (Å²) in [5.41, 5.74) is 10.7. The second-order valence-electron chi connectivity index (χ2n) is 6.09. The van der Waals surface area contributed by atoms with E-state index < -0.39 is 11.3 Å². The van der Waals surface area contributed by atoms with Crippen LogP contribution in [0.25, 0.3) is 0 Å². The van der Waals surface area contributed by atoms with Crippen LogP contribution in [0, 0.1) is 11.3 Å². The van der Waals surface area contributed by atoms with Crippen molar-refractivity contribution >= 4 is 11.8 Å². The Balaban J connectivity index is 2.85. The summed E-state index contributed by atoms with van der Waals surface area (Å²) in [6.07, 6.45) is 4.89. The van der Waals surface area contributed by atoms with Crippen molar-refractivity contribution in [3.05, 3.63) is 0 Å². The maximum absolute atomic E-state index is 12.8. The zero-order valence-corrected chi connectivity index (χ0v) is 12.2. The number of rotatable bonds is 6. The minimum atomic E-state index is -0.470. The number of hydrogen-bond acceptors (Lipinski definition) is 3. The predicted molar refractivity (Wildman–Crippen MR) is 75.2 cm³/mol. The lowest BCUT2D eigenvalue weighted by atomic mass is 9.73. The minimum absolute atomic E-state index is 0.00123. The number of nitrogens with zero attached hydrogens (tertiary/aromatic N) is 1. The van der Waals surface area contributed by atoms with Crippen LogP contribution in [0.1, 0.15) is 46.0 Å². The maximum Gasteiger partial charge on any atom is 0.237 e. The first-order valence-corrected chi connectivity index (χ1v) is 7.19. The highest BCUT2D eigenvalue weighted by atomic mass is 16.2. The Morgan fingerprint density at radius 1 is 1.21 bits per heavy atom. The molecule has 19 heavy (non-hydrogen) atoms. The molecule has 1 fully saturated rings. The van der Waals surface area contributed by atoms with Crippen LogP contribution in [0.15, 0.2) is 0 Å². The van der Waals surface area contributed by atoms with E-state index in [2.05, 4.69) is 0 Å². The van der Waals surface area contributed by atoms with Crippen molar-refractivity contribution in [2.24, 2.45) is 22.8 Å². The third-order valence-electron chi connectivity index (χ3n) is 3.87. The van der Waals surface area contributed by atoms with E-state index in [0.29, 0.717) is 19.0 Å². The molecule has 1 aliphatic carbocycles. The molecule has 0 heterocycles. The van der Waals surface area contributed by atoms with Gasteiger partial charge in [0.1, 0.15) is 0 Å². The van der Waals surface area contributed by atoms with Gasteiger partial charge in [-0.1, -0.05) is 33.1 Å². The van der Waals surface area contributed by atoms with Gasteiger partial charge in [-0.15, -0.1) is 0 Å². The molecule has 4 N–H and O–H groups in total. The van der Waals surface area contributed by atoms with E-state index in [1.54, 1.807) is 4.90 Å². The molecule has 0 aromatic heterocycles. The van der Waals surface area contributed by atoms with Crippen LogP contribution in [0.4, 0.5) is 0 Å². The van der Waals surface area contributed by atoms with E-state index in [-0.39, 0.29) is 12.5 Å². The summed E-state index contributed by atoms with van der Waals surface area (Å²) in [5.74, 6) is -0.138. The fourth-order valence-electron chi connectivity index (χ4n) is 2.92. The van der Waals surface area contributed by atoms with Crippen LogP contribution < -0.4 is 11.5 Å². The maximum atomic E-state index is 12.8. The number of nitrogens with two attached hydrogens (primary N) is 2. The molecule has 0 radical (unpaired) electrons. The van der Waals surface area contributed by atoms with Crippen LogP contribution in [0.3, 0.4) is 0 Å². The summed E-state index contributed by atoms with van der Waals surface area (Å²) in [6.45, 7) is 4.97. The Hall–Kier alpha value is -1.10. The first-order chi connectivity index (χ1) is 8.91. The molecule has 0 unspecified atom stereocenters. The molecular weight excluding hydrogens is 242 g/mol. The van der Waals surface area contributed by atoms with Crippen molar-refractivity contribution in [3.8, 4) is 0 Å². The fourth-order valence-corrected chi connectivity index (χ4v) is 2.92. The van der Waals surface area contributed by atoms with Gasteiger partial charge < -0.3 is 16.4 Å². The Kier molecular flexibility index (Phi) is 5.79. The second-order valence-corrected chi connectivity index (χ2v) is 6.09. The second kappa shape index (κ2) is 6.89. The van der Waals surface area contributed by atoms with Crippen molar-refractivity contribution in [1.29, 1.82) is 0 Å². The SMILES string of the molecule is CC(C)CN(CC(N)=O)C(=O)C1(CN)CCCCC1. The van der Waals surface area contributed by atoms with E-state index in [0.717, 1.165) is 32.1 Å². The quantitative estimate of drug-likeness (QED) is 0.749. The number of carbonyl (C=O) groups excluding carboxylic acids is 2. The largest absolute Gasteiger partial charge is 0.368 e. The van der Waals surface area contributed by atoms with E-state index in [9.17, 15) is 9.59 Å². The number of amides is 2. The Morgan fingerprint density at radius 3 is 2.21 bits per heavy atom. The summed E-state index contributed by atoms with van der Waals surface area (Å²) in [5, 5.41) is 0. The van der Waals surface area contributed by atoms with E-state index in [1.807, 2.05) is 13.8 Å². The Labute approximate surface area is 115 Å². The molecule has 0 aliphatic heterocycles. The molecule has 0 aromatic rings. The van der Waals surface area contributed by atoms with Gasteiger partial charge in [0.25, 0.3) is 0 Å². The predicted octanol–water partition coefficient (Wildman–Crippen LogP) is 0.866. The normalized spacial score (nSPS) is 18.3. The highest BCUT2D eigenvalue weighted by Gasteiger charge is 2.41. The van der Waals surface area contributed by atoms with Crippen molar-refractivity contribution in [2.75, 3.05) is 19.6 Å². The molecule has 0 atom stereocenters. The summed E-state index contributed by atoms with van der Waals surface area (Å²) in [7, 11) is 0. The van der Waals surface area contributed by atoms with Gasteiger partial charge in [0.05, 0.1) is 12.0 Å². The van der Waals surface area contributed by atoms with Gasteiger partial charge in [-0.05, 0) is 18.8 Å². The van der Waals surface area contributed by atoms with E-state index in [1.165, 1.54) is 0 Å². The lowest BCUT2D eigenvalue weighted by Crippen LogP contribution is -2.52. The van der Waals surface area contributed by atoms with Gasteiger partial charge in [0.2, 0.25) is 11.8 Å². The molecular formula is C14H27N3O2. The van der Waals surface area contributed by atoms with Crippen molar-refractivity contribution in [1.82, 2.24) is 4.90 Å². The smallest absolute Gasteiger partial charge is 0.237 e. The van der Waals surface area contributed by atoms with Gasteiger partial charge >= 0.3 is 0 Å². The third-order valence-corrected chi connectivity index (χ3v) is 3.87. The van der Waals surface area contributed by atoms with Gasteiger partial charge in [-0.3, -0.25) is 9.59 Å². The number of carbonyl (C=O) groups is 2. The summed E-state index contributed by atoms with van der Waals surface area (Å²) in [6, 6.07) is 0. The van der Waals surface area contributed by atoms with Gasteiger partial charge in [0.15, 0.2) is 0 Å². The molecule has 0 saturated heterocycles. The molecule has 2 amide bonds. The molecule has 1 saturated carbocycles. The zero-order valence-electron chi connectivity index (χ0n) is 12.2. The lowest BCUT2D eigenvalue weighted by Gasteiger charge is -2.39. The average Bonchev–Trinajstić information content (AvgIpc) is 2.36.